The Morgan fingerprint density at radius 2 is 2.12 bits per heavy atom. The van der Waals surface area contributed by atoms with E-state index in [9.17, 15) is 9.18 Å². The fourth-order valence-corrected chi connectivity index (χ4v) is 1.08. The van der Waals surface area contributed by atoms with Gasteiger partial charge < -0.3 is 11.1 Å². The van der Waals surface area contributed by atoms with E-state index in [2.05, 4.69) is 10.3 Å². The van der Waals surface area contributed by atoms with E-state index >= 15 is 0 Å². The van der Waals surface area contributed by atoms with Gasteiger partial charge in [0.2, 0.25) is 0 Å². The molecule has 0 aliphatic carbocycles. The van der Waals surface area contributed by atoms with Gasteiger partial charge >= 0.3 is 0 Å². The molecule has 4 nitrogen and oxygen atoms in total. The Morgan fingerprint density at radius 1 is 1.50 bits per heavy atom. The minimum Gasteiger partial charge on any atom is -0.383 e. The molecule has 88 valence electrons. The van der Waals surface area contributed by atoms with Crippen LogP contribution in [0.3, 0.4) is 0 Å². The summed E-state index contributed by atoms with van der Waals surface area (Å²) < 4.78 is 12.9. The number of hydrogen-bond donors (Lipinski definition) is 2. The predicted octanol–water partition coefficient (Wildman–Crippen LogP) is 1.58. The largest absolute Gasteiger partial charge is 0.383 e. The van der Waals surface area contributed by atoms with Crippen molar-refractivity contribution in [3.05, 3.63) is 23.6 Å². The Balaban J connectivity index is 2.84. The first kappa shape index (κ1) is 12.4. The Bertz CT molecular complexity index is 393. The van der Waals surface area contributed by atoms with Gasteiger partial charge in [-0.2, -0.15) is 0 Å². The van der Waals surface area contributed by atoms with Gasteiger partial charge in [-0.05, 0) is 18.9 Å². The first-order chi connectivity index (χ1) is 7.41. The Kier molecular flexibility index (Phi) is 3.82. The number of pyridine rings is 1. The average molecular weight is 225 g/mol. The van der Waals surface area contributed by atoms with E-state index in [-0.39, 0.29) is 17.4 Å². The van der Waals surface area contributed by atoms with Crippen molar-refractivity contribution in [1.82, 2.24) is 10.3 Å². The van der Waals surface area contributed by atoms with Crippen LogP contribution in [0.25, 0.3) is 0 Å². The quantitative estimate of drug-likeness (QED) is 0.820. The minimum atomic E-state index is -0.573. The van der Waals surface area contributed by atoms with Crippen LogP contribution in [-0.2, 0) is 0 Å². The van der Waals surface area contributed by atoms with Crippen LogP contribution >= 0.6 is 0 Å². The summed E-state index contributed by atoms with van der Waals surface area (Å²) in [6.07, 6.45) is 0.984. The monoisotopic (exact) mass is 225 g/mol. The molecule has 3 N–H and O–H groups in total. The van der Waals surface area contributed by atoms with E-state index in [1.54, 1.807) is 0 Å². The topological polar surface area (TPSA) is 68.0 Å². The second-order valence-corrected chi connectivity index (χ2v) is 4.09. The van der Waals surface area contributed by atoms with E-state index in [1.165, 1.54) is 0 Å². The maximum atomic E-state index is 12.9. The molecule has 1 aromatic rings. The minimum absolute atomic E-state index is 0.00447. The number of nitrogens with two attached hydrogens (primary N) is 1. The van der Waals surface area contributed by atoms with E-state index in [0.717, 1.165) is 12.3 Å². The Hall–Kier alpha value is -1.65. The van der Waals surface area contributed by atoms with Gasteiger partial charge in [0.1, 0.15) is 11.6 Å². The van der Waals surface area contributed by atoms with Crippen molar-refractivity contribution in [2.45, 2.75) is 26.8 Å². The first-order valence-corrected chi connectivity index (χ1v) is 5.13. The number of amides is 1. The predicted molar refractivity (Wildman–Crippen MR) is 60.4 cm³/mol. The van der Waals surface area contributed by atoms with Crippen molar-refractivity contribution >= 4 is 11.7 Å². The SMILES string of the molecule is CC(C)C(C)NC(=O)c1cc(F)cnc1N. The normalized spacial score (nSPS) is 12.6. The second kappa shape index (κ2) is 4.92. The highest BCUT2D eigenvalue weighted by Gasteiger charge is 2.15. The number of carbonyl (C=O) groups is 1. The third kappa shape index (κ3) is 2.92. The molecule has 0 bridgehead atoms. The number of nitrogens with zero attached hydrogens (tertiary/aromatic N) is 1. The maximum Gasteiger partial charge on any atom is 0.255 e. The van der Waals surface area contributed by atoms with Crippen LogP contribution in [0.5, 0.6) is 0 Å². The molecule has 0 saturated carbocycles. The molecule has 0 aliphatic heterocycles. The number of halogens is 1. The number of carbonyl (C=O) groups excluding carboxylic acids is 1. The summed E-state index contributed by atoms with van der Waals surface area (Å²) in [6, 6.07) is 1.08. The maximum absolute atomic E-state index is 12.9. The van der Waals surface area contributed by atoms with Gasteiger partial charge in [-0.15, -0.1) is 0 Å². The molecule has 1 unspecified atom stereocenters. The van der Waals surface area contributed by atoms with Crippen molar-refractivity contribution in [1.29, 1.82) is 0 Å². The van der Waals surface area contributed by atoms with Crippen molar-refractivity contribution < 1.29 is 9.18 Å². The molecule has 0 fully saturated rings. The molecule has 1 aromatic heterocycles. The summed E-state index contributed by atoms with van der Waals surface area (Å²) in [5, 5.41) is 2.74. The van der Waals surface area contributed by atoms with Crippen molar-refractivity contribution in [2.75, 3.05) is 5.73 Å². The lowest BCUT2D eigenvalue weighted by Gasteiger charge is -2.17. The molecule has 1 amide bonds. The standard InChI is InChI=1S/C11H16FN3O/c1-6(2)7(3)15-11(16)9-4-8(12)5-14-10(9)13/h4-7H,1-3H3,(H2,13,14)(H,15,16). The van der Waals surface area contributed by atoms with Crippen LogP contribution in [-0.4, -0.2) is 16.9 Å². The first-order valence-electron chi connectivity index (χ1n) is 5.13. The lowest BCUT2D eigenvalue weighted by atomic mass is 10.1. The van der Waals surface area contributed by atoms with Crippen LogP contribution in [0, 0.1) is 11.7 Å². The van der Waals surface area contributed by atoms with Gasteiger partial charge in [-0.1, -0.05) is 13.8 Å². The zero-order chi connectivity index (χ0) is 12.3. The molecule has 0 aromatic carbocycles. The number of hydrogen-bond acceptors (Lipinski definition) is 3. The van der Waals surface area contributed by atoms with Crippen LogP contribution in [0.1, 0.15) is 31.1 Å². The molecule has 0 aliphatic rings. The summed E-state index contributed by atoms with van der Waals surface area (Å²) in [7, 11) is 0. The third-order valence-electron chi connectivity index (χ3n) is 2.49. The van der Waals surface area contributed by atoms with Gasteiger partial charge in [0.25, 0.3) is 5.91 Å². The third-order valence-corrected chi connectivity index (χ3v) is 2.49. The Morgan fingerprint density at radius 3 is 2.69 bits per heavy atom. The molecule has 0 radical (unpaired) electrons. The van der Waals surface area contributed by atoms with Crippen LogP contribution in [0.15, 0.2) is 12.3 Å². The summed E-state index contributed by atoms with van der Waals surface area (Å²) in [5.74, 6) is -0.635. The number of rotatable bonds is 3. The zero-order valence-corrected chi connectivity index (χ0v) is 9.62. The molecule has 1 heterocycles. The molecule has 5 heteroatoms. The molecule has 16 heavy (non-hydrogen) atoms. The van der Waals surface area contributed by atoms with Gasteiger partial charge in [-0.25, -0.2) is 9.37 Å². The van der Waals surface area contributed by atoms with Crippen LogP contribution in [0.4, 0.5) is 10.2 Å². The van der Waals surface area contributed by atoms with Crippen LogP contribution in [0.2, 0.25) is 0 Å². The average Bonchev–Trinajstić information content (AvgIpc) is 2.21. The smallest absolute Gasteiger partial charge is 0.255 e. The molecule has 1 atom stereocenters. The highest BCUT2D eigenvalue weighted by atomic mass is 19.1. The number of anilines is 1. The van der Waals surface area contributed by atoms with Gasteiger partial charge in [0.15, 0.2) is 0 Å². The molecular weight excluding hydrogens is 209 g/mol. The summed E-state index contributed by atoms with van der Waals surface area (Å²) in [4.78, 5) is 15.3. The lowest BCUT2D eigenvalue weighted by Crippen LogP contribution is -2.36. The van der Waals surface area contributed by atoms with Gasteiger partial charge in [0, 0.05) is 6.04 Å². The summed E-state index contributed by atoms with van der Waals surface area (Å²) >= 11 is 0. The summed E-state index contributed by atoms with van der Waals surface area (Å²) in [6.45, 7) is 5.85. The van der Waals surface area contributed by atoms with E-state index in [1.807, 2.05) is 20.8 Å². The molecule has 1 rings (SSSR count). The van der Waals surface area contributed by atoms with Gasteiger partial charge in [-0.3, -0.25) is 4.79 Å². The van der Waals surface area contributed by atoms with Crippen molar-refractivity contribution in [3.63, 3.8) is 0 Å². The number of aromatic nitrogens is 1. The van der Waals surface area contributed by atoms with Crippen molar-refractivity contribution in [3.8, 4) is 0 Å². The fraction of sp³-hybridized carbons (Fsp3) is 0.455. The van der Waals surface area contributed by atoms with Crippen molar-refractivity contribution in [2.24, 2.45) is 5.92 Å². The van der Waals surface area contributed by atoms with E-state index in [0.29, 0.717) is 5.92 Å². The summed E-state index contributed by atoms with van der Waals surface area (Å²) in [5.41, 5.74) is 5.58. The second-order valence-electron chi connectivity index (χ2n) is 4.09. The molecule has 0 spiro atoms. The number of nitrogen functional groups attached to an aromatic ring is 1. The number of nitrogens with one attached hydrogen (secondary N) is 1. The highest BCUT2D eigenvalue weighted by molar-refractivity contribution is 5.98. The Labute approximate surface area is 94.1 Å². The molecular formula is C11H16FN3O. The fourth-order valence-electron chi connectivity index (χ4n) is 1.08. The van der Waals surface area contributed by atoms with Crippen LogP contribution < -0.4 is 11.1 Å². The lowest BCUT2D eigenvalue weighted by molar-refractivity contribution is 0.0930. The van der Waals surface area contributed by atoms with E-state index < -0.39 is 11.7 Å². The molecule has 0 saturated heterocycles. The zero-order valence-electron chi connectivity index (χ0n) is 9.62. The highest BCUT2D eigenvalue weighted by Crippen LogP contribution is 2.11. The van der Waals surface area contributed by atoms with Gasteiger partial charge in [0.05, 0.1) is 11.8 Å². The van der Waals surface area contributed by atoms with E-state index in [4.69, 9.17) is 5.73 Å².